The highest BCUT2D eigenvalue weighted by Crippen LogP contribution is 2.23. The van der Waals surface area contributed by atoms with Gasteiger partial charge in [0.2, 0.25) is 0 Å². The Kier molecular flexibility index (Phi) is 9.62. The fourth-order valence-corrected chi connectivity index (χ4v) is 4.66. The Bertz CT molecular complexity index is 1240. The van der Waals surface area contributed by atoms with Crippen molar-refractivity contribution in [2.24, 2.45) is 0 Å². The third-order valence-corrected chi connectivity index (χ3v) is 6.25. The van der Waals surface area contributed by atoms with E-state index in [0.717, 1.165) is 36.3 Å². The Balaban J connectivity index is 1.36. The average molecular weight is 534 g/mol. The van der Waals surface area contributed by atoms with E-state index in [1.54, 1.807) is 0 Å². The molecule has 1 aliphatic heterocycles. The molecule has 1 fully saturated rings. The first-order chi connectivity index (χ1) is 18.2. The van der Waals surface area contributed by atoms with Gasteiger partial charge in [-0.05, 0) is 61.7 Å². The molecule has 6 heteroatoms. The van der Waals surface area contributed by atoms with Gasteiger partial charge < -0.3 is 14.2 Å². The molecule has 1 aliphatic rings. The standard InChI is InChI=1S/C32H36ClNO4/c1-32(2,3)38-31(35)20-27-11-7-8-12-30(27)37-23-26-17-25(18-28(33)19-26)13-14-29-22-34(15-16-36-29)21-24-9-5-4-6-10-24/h4-14,17-19,29H,15-16,20-23H2,1-3H3/b14-13+. The van der Waals surface area contributed by atoms with E-state index in [-0.39, 0.29) is 18.5 Å². The molecule has 5 nitrogen and oxygen atoms in total. The number of nitrogens with zero attached hydrogens (tertiary/aromatic N) is 1. The van der Waals surface area contributed by atoms with Crippen LogP contribution in [-0.4, -0.2) is 42.3 Å². The summed E-state index contributed by atoms with van der Waals surface area (Å²) in [5, 5.41) is 0.642. The molecule has 0 spiro atoms. The minimum absolute atomic E-state index is 0.0193. The maximum absolute atomic E-state index is 12.3. The van der Waals surface area contributed by atoms with Gasteiger partial charge in [0.15, 0.2) is 0 Å². The first-order valence-corrected chi connectivity index (χ1v) is 13.4. The second kappa shape index (κ2) is 13.1. The Hall–Kier alpha value is -3.12. The summed E-state index contributed by atoms with van der Waals surface area (Å²) in [6.45, 7) is 9.31. The first-order valence-electron chi connectivity index (χ1n) is 13.0. The molecule has 1 unspecified atom stereocenters. The van der Waals surface area contributed by atoms with E-state index in [1.165, 1.54) is 5.56 Å². The van der Waals surface area contributed by atoms with Gasteiger partial charge in [0.05, 0.1) is 19.1 Å². The van der Waals surface area contributed by atoms with E-state index in [9.17, 15) is 4.79 Å². The van der Waals surface area contributed by atoms with Gasteiger partial charge in [-0.25, -0.2) is 0 Å². The van der Waals surface area contributed by atoms with E-state index in [4.69, 9.17) is 25.8 Å². The summed E-state index contributed by atoms with van der Waals surface area (Å²) < 4.78 is 17.6. The highest BCUT2D eigenvalue weighted by Gasteiger charge is 2.19. The summed E-state index contributed by atoms with van der Waals surface area (Å²) in [6.07, 6.45) is 4.33. The fourth-order valence-electron chi connectivity index (χ4n) is 4.39. The average Bonchev–Trinajstić information content (AvgIpc) is 2.86. The maximum Gasteiger partial charge on any atom is 0.310 e. The molecule has 1 saturated heterocycles. The van der Waals surface area contributed by atoms with E-state index < -0.39 is 5.60 Å². The summed E-state index contributed by atoms with van der Waals surface area (Å²) in [6, 6.07) is 23.9. The number of ether oxygens (including phenoxy) is 3. The number of hydrogen-bond donors (Lipinski definition) is 0. The zero-order chi connectivity index (χ0) is 27.0. The fraction of sp³-hybridized carbons (Fsp3) is 0.344. The normalized spacial score (nSPS) is 16.5. The van der Waals surface area contributed by atoms with Crippen LogP contribution in [-0.2, 0) is 33.8 Å². The lowest BCUT2D eigenvalue weighted by Gasteiger charge is -2.31. The molecule has 3 aromatic rings. The number of carbonyl (C=O) groups is 1. The molecule has 1 atom stereocenters. The van der Waals surface area contributed by atoms with Gasteiger partial charge in [0, 0.05) is 30.2 Å². The zero-order valence-corrected chi connectivity index (χ0v) is 23.1. The van der Waals surface area contributed by atoms with Crippen LogP contribution in [0.1, 0.15) is 43.0 Å². The second-order valence-electron chi connectivity index (χ2n) is 10.5. The number of benzene rings is 3. The molecule has 4 rings (SSSR count). The molecule has 0 saturated carbocycles. The largest absolute Gasteiger partial charge is 0.489 e. The Morgan fingerprint density at radius 3 is 2.61 bits per heavy atom. The highest BCUT2D eigenvalue weighted by molar-refractivity contribution is 6.30. The van der Waals surface area contributed by atoms with Crippen molar-refractivity contribution in [3.63, 3.8) is 0 Å². The number of para-hydroxylation sites is 1. The monoisotopic (exact) mass is 533 g/mol. The molecular formula is C32H36ClNO4. The summed E-state index contributed by atoms with van der Waals surface area (Å²) in [7, 11) is 0. The molecule has 1 heterocycles. The van der Waals surface area contributed by atoms with E-state index >= 15 is 0 Å². The van der Waals surface area contributed by atoms with Gasteiger partial charge in [0.1, 0.15) is 18.0 Å². The van der Waals surface area contributed by atoms with Crippen LogP contribution in [0, 0.1) is 0 Å². The molecular weight excluding hydrogens is 498 g/mol. The first kappa shape index (κ1) is 27.9. The van der Waals surface area contributed by atoms with Crippen molar-refractivity contribution < 1.29 is 19.0 Å². The van der Waals surface area contributed by atoms with Crippen LogP contribution in [0.2, 0.25) is 5.02 Å². The van der Waals surface area contributed by atoms with Crippen LogP contribution in [0.4, 0.5) is 0 Å². The van der Waals surface area contributed by atoms with Gasteiger partial charge in [-0.15, -0.1) is 0 Å². The molecule has 0 bridgehead atoms. The number of carbonyl (C=O) groups excluding carboxylic acids is 1. The van der Waals surface area contributed by atoms with Crippen molar-refractivity contribution in [3.8, 4) is 5.75 Å². The molecule has 0 radical (unpaired) electrons. The van der Waals surface area contributed by atoms with Crippen molar-refractivity contribution in [2.45, 2.75) is 52.0 Å². The van der Waals surface area contributed by atoms with Gasteiger partial charge >= 0.3 is 5.97 Å². The Morgan fingerprint density at radius 2 is 1.82 bits per heavy atom. The minimum Gasteiger partial charge on any atom is -0.489 e. The van der Waals surface area contributed by atoms with Crippen LogP contribution in [0.3, 0.4) is 0 Å². The molecule has 0 aromatic heterocycles. The molecule has 0 N–H and O–H groups in total. The smallest absolute Gasteiger partial charge is 0.310 e. The number of hydrogen-bond acceptors (Lipinski definition) is 5. The highest BCUT2D eigenvalue weighted by atomic mass is 35.5. The van der Waals surface area contributed by atoms with Crippen LogP contribution in [0.25, 0.3) is 6.08 Å². The summed E-state index contributed by atoms with van der Waals surface area (Å²) in [5.74, 6) is 0.375. The molecule has 200 valence electrons. The lowest BCUT2D eigenvalue weighted by molar-refractivity contribution is -0.153. The Morgan fingerprint density at radius 1 is 1.05 bits per heavy atom. The van der Waals surface area contributed by atoms with Crippen LogP contribution >= 0.6 is 11.6 Å². The van der Waals surface area contributed by atoms with Crippen molar-refractivity contribution in [2.75, 3.05) is 19.7 Å². The Labute approximate surface area is 231 Å². The summed E-state index contributed by atoms with van der Waals surface area (Å²) in [5.41, 5.74) is 3.50. The third-order valence-electron chi connectivity index (χ3n) is 6.03. The number of esters is 1. The van der Waals surface area contributed by atoms with Gasteiger partial charge in [-0.1, -0.05) is 72.3 Å². The van der Waals surface area contributed by atoms with Crippen LogP contribution < -0.4 is 4.74 Å². The maximum atomic E-state index is 12.3. The second-order valence-corrected chi connectivity index (χ2v) is 11.0. The summed E-state index contributed by atoms with van der Waals surface area (Å²) >= 11 is 6.44. The van der Waals surface area contributed by atoms with Gasteiger partial charge in [-0.2, -0.15) is 0 Å². The van der Waals surface area contributed by atoms with E-state index in [2.05, 4.69) is 47.4 Å². The van der Waals surface area contributed by atoms with Gasteiger partial charge in [-0.3, -0.25) is 9.69 Å². The predicted molar refractivity (Wildman–Crippen MR) is 152 cm³/mol. The van der Waals surface area contributed by atoms with E-state index in [1.807, 2.05) is 63.2 Å². The SMILES string of the molecule is CC(C)(C)OC(=O)Cc1ccccc1OCc1cc(Cl)cc(/C=C/C2CN(Cc3ccccc3)CCO2)c1. The molecule has 3 aromatic carbocycles. The van der Waals surface area contributed by atoms with Crippen molar-refractivity contribution in [1.29, 1.82) is 0 Å². The predicted octanol–water partition coefficient (Wildman–Crippen LogP) is 6.72. The zero-order valence-electron chi connectivity index (χ0n) is 22.4. The number of morpholine rings is 1. The number of halogens is 1. The quantitative estimate of drug-likeness (QED) is 0.286. The number of rotatable bonds is 9. The lowest BCUT2D eigenvalue weighted by Crippen LogP contribution is -2.41. The lowest BCUT2D eigenvalue weighted by atomic mass is 10.1. The molecule has 0 aliphatic carbocycles. The van der Waals surface area contributed by atoms with E-state index in [0.29, 0.717) is 24.0 Å². The molecule has 0 amide bonds. The van der Waals surface area contributed by atoms with Crippen molar-refractivity contribution >= 4 is 23.6 Å². The van der Waals surface area contributed by atoms with Crippen LogP contribution in [0.5, 0.6) is 5.75 Å². The van der Waals surface area contributed by atoms with Gasteiger partial charge in [0.25, 0.3) is 0 Å². The molecule has 38 heavy (non-hydrogen) atoms. The minimum atomic E-state index is -0.527. The van der Waals surface area contributed by atoms with Crippen LogP contribution in [0.15, 0.2) is 78.9 Å². The summed E-state index contributed by atoms with van der Waals surface area (Å²) in [4.78, 5) is 14.8. The third kappa shape index (κ3) is 9.02. The van der Waals surface area contributed by atoms with Crippen molar-refractivity contribution in [1.82, 2.24) is 4.90 Å². The van der Waals surface area contributed by atoms with Crippen molar-refractivity contribution in [3.05, 3.63) is 106 Å². The topological polar surface area (TPSA) is 48.0 Å².